The van der Waals surface area contributed by atoms with Gasteiger partial charge >= 0.3 is 0 Å². The molecule has 6 nitrogen and oxygen atoms in total. The van der Waals surface area contributed by atoms with E-state index in [2.05, 4.69) is 5.32 Å². The molecule has 4 rings (SSSR count). The Morgan fingerprint density at radius 2 is 1.86 bits per heavy atom. The largest absolute Gasteiger partial charge is 0.477 e. The van der Waals surface area contributed by atoms with E-state index in [0.29, 0.717) is 23.0 Å². The van der Waals surface area contributed by atoms with Crippen LogP contribution >= 0.6 is 11.6 Å². The quantitative estimate of drug-likeness (QED) is 0.832. The first kappa shape index (κ1) is 19.6. The van der Waals surface area contributed by atoms with Crippen LogP contribution in [0.15, 0.2) is 48.5 Å². The van der Waals surface area contributed by atoms with Crippen LogP contribution in [0.3, 0.4) is 0 Å². The van der Waals surface area contributed by atoms with E-state index in [-0.39, 0.29) is 18.4 Å². The normalized spacial score (nSPS) is 18.6. The lowest BCUT2D eigenvalue weighted by molar-refractivity contribution is -0.139. The predicted octanol–water partition coefficient (Wildman–Crippen LogP) is 3.56. The van der Waals surface area contributed by atoms with Crippen LogP contribution in [0.2, 0.25) is 5.02 Å². The van der Waals surface area contributed by atoms with Crippen LogP contribution in [0.5, 0.6) is 5.75 Å². The van der Waals surface area contributed by atoms with Crippen molar-refractivity contribution in [1.29, 1.82) is 0 Å². The molecule has 2 amide bonds. The number of carbonyl (C=O) groups is 2. The Morgan fingerprint density at radius 1 is 1.07 bits per heavy atom. The summed E-state index contributed by atoms with van der Waals surface area (Å²) < 4.78 is 6.01. The van der Waals surface area contributed by atoms with Gasteiger partial charge in [-0.3, -0.25) is 9.59 Å². The minimum absolute atomic E-state index is 0.000507. The van der Waals surface area contributed by atoms with Gasteiger partial charge in [0, 0.05) is 23.8 Å². The van der Waals surface area contributed by atoms with Crippen LogP contribution in [0.4, 0.5) is 11.4 Å². The third-order valence-corrected chi connectivity index (χ3v) is 5.48. The number of rotatable bonds is 4. The fraction of sp³-hybridized carbons (Fsp3) is 0.364. The van der Waals surface area contributed by atoms with Crippen LogP contribution in [0, 0.1) is 0 Å². The number of carbonyl (C=O) groups excluding carboxylic acids is 2. The number of anilines is 2. The molecule has 0 aliphatic carbocycles. The number of amides is 2. The maximum Gasteiger partial charge on any atom is 0.265 e. The minimum atomic E-state index is -0.609. The lowest BCUT2D eigenvalue weighted by Gasteiger charge is -2.38. The standard InChI is InChI=1S/C22H24ClN3O3/c23-16-7-6-8-17(13-16)24-21(27)15-26-14-20(22(28)25-11-4-1-5-12-25)29-19-10-3-2-9-18(19)26/h2-3,6-10,13,20H,1,4-5,11-12,14-15H2,(H,24,27). The number of para-hydroxylation sites is 2. The summed E-state index contributed by atoms with van der Waals surface area (Å²) in [7, 11) is 0. The van der Waals surface area contributed by atoms with Crippen molar-refractivity contribution in [3.63, 3.8) is 0 Å². The van der Waals surface area contributed by atoms with E-state index in [1.807, 2.05) is 34.1 Å². The Kier molecular flexibility index (Phi) is 5.90. The number of fused-ring (bicyclic) bond motifs is 1. The number of nitrogens with one attached hydrogen (secondary N) is 1. The first-order valence-corrected chi connectivity index (χ1v) is 10.3. The van der Waals surface area contributed by atoms with Crippen molar-refractivity contribution in [1.82, 2.24) is 4.90 Å². The maximum absolute atomic E-state index is 13.0. The highest BCUT2D eigenvalue weighted by Gasteiger charge is 2.34. The molecule has 1 atom stereocenters. The molecule has 1 unspecified atom stereocenters. The number of halogens is 1. The molecule has 0 spiro atoms. The fourth-order valence-corrected chi connectivity index (χ4v) is 4.03. The molecule has 0 radical (unpaired) electrons. The summed E-state index contributed by atoms with van der Waals surface area (Å²) in [5.41, 5.74) is 1.46. The summed E-state index contributed by atoms with van der Waals surface area (Å²) >= 11 is 5.99. The number of hydrogen-bond donors (Lipinski definition) is 1. The molecule has 0 aromatic heterocycles. The van der Waals surface area contributed by atoms with Crippen molar-refractivity contribution in [2.45, 2.75) is 25.4 Å². The molecule has 2 aliphatic heterocycles. The Bertz CT molecular complexity index is 898. The van der Waals surface area contributed by atoms with E-state index >= 15 is 0 Å². The zero-order valence-electron chi connectivity index (χ0n) is 16.1. The molecule has 2 aromatic rings. The summed E-state index contributed by atoms with van der Waals surface area (Å²) in [4.78, 5) is 29.4. The van der Waals surface area contributed by atoms with E-state index in [1.165, 1.54) is 0 Å². The summed E-state index contributed by atoms with van der Waals surface area (Å²) in [6.07, 6.45) is 2.61. The van der Waals surface area contributed by atoms with Crippen molar-refractivity contribution in [2.75, 3.05) is 36.4 Å². The molecule has 152 valence electrons. The molecular formula is C22H24ClN3O3. The van der Waals surface area contributed by atoms with Crippen molar-refractivity contribution >= 4 is 34.8 Å². The van der Waals surface area contributed by atoms with E-state index in [0.717, 1.165) is 38.0 Å². The van der Waals surface area contributed by atoms with Gasteiger partial charge in [0.1, 0.15) is 5.75 Å². The molecule has 0 bridgehead atoms. The average Bonchev–Trinajstić information content (AvgIpc) is 2.73. The number of likely N-dealkylation sites (tertiary alicyclic amines) is 1. The minimum Gasteiger partial charge on any atom is -0.477 e. The summed E-state index contributed by atoms with van der Waals surface area (Å²) in [6, 6.07) is 14.6. The van der Waals surface area contributed by atoms with Crippen molar-refractivity contribution < 1.29 is 14.3 Å². The smallest absolute Gasteiger partial charge is 0.265 e. The van der Waals surface area contributed by atoms with Crippen molar-refractivity contribution in [3.8, 4) is 5.75 Å². The molecule has 2 aromatic carbocycles. The second-order valence-electron chi connectivity index (χ2n) is 7.40. The SMILES string of the molecule is O=C(CN1CC(C(=O)N2CCCCC2)Oc2ccccc21)Nc1cccc(Cl)c1. The van der Waals surface area contributed by atoms with E-state index < -0.39 is 6.10 Å². The van der Waals surface area contributed by atoms with E-state index in [4.69, 9.17) is 16.3 Å². The van der Waals surface area contributed by atoms with Gasteiger partial charge in [0.2, 0.25) is 5.91 Å². The highest BCUT2D eigenvalue weighted by Crippen LogP contribution is 2.33. The molecule has 2 heterocycles. The number of nitrogens with zero attached hydrogens (tertiary/aromatic N) is 2. The van der Waals surface area contributed by atoms with Gasteiger partial charge in [0.25, 0.3) is 5.91 Å². The Hall–Kier alpha value is -2.73. The Balaban J connectivity index is 1.48. The lowest BCUT2D eigenvalue weighted by Crippen LogP contribution is -2.52. The average molecular weight is 414 g/mol. The molecular weight excluding hydrogens is 390 g/mol. The summed E-state index contributed by atoms with van der Waals surface area (Å²) in [5.74, 6) is 0.456. The second-order valence-corrected chi connectivity index (χ2v) is 7.84. The van der Waals surface area contributed by atoms with Gasteiger partial charge in [-0.05, 0) is 49.6 Å². The number of piperidine rings is 1. The highest BCUT2D eigenvalue weighted by atomic mass is 35.5. The number of ether oxygens (including phenoxy) is 1. The zero-order chi connectivity index (χ0) is 20.2. The highest BCUT2D eigenvalue weighted by molar-refractivity contribution is 6.30. The van der Waals surface area contributed by atoms with Crippen LogP contribution in [-0.4, -0.2) is 49.0 Å². The predicted molar refractivity (Wildman–Crippen MR) is 114 cm³/mol. The van der Waals surface area contributed by atoms with Gasteiger partial charge in [0.15, 0.2) is 6.10 Å². The van der Waals surface area contributed by atoms with Crippen LogP contribution in [0.25, 0.3) is 0 Å². The first-order chi connectivity index (χ1) is 14.1. The van der Waals surface area contributed by atoms with Crippen LogP contribution in [0.1, 0.15) is 19.3 Å². The summed E-state index contributed by atoms with van der Waals surface area (Å²) in [5, 5.41) is 3.43. The second kappa shape index (κ2) is 8.74. The van der Waals surface area contributed by atoms with Gasteiger partial charge in [-0.25, -0.2) is 0 Å². The van der Waals surface area contributed by atoms with Gasteiger partial charge in [-0.1, -0.05) is 29.8 Å². The van der Waals surface area contributed by atoms with Gasteiger partial charge in [-0.15, -0.1) is 0 Å². The van der Waals surface area contributed by atoms with Gasteiger partial charge in [0.05, 0.1) is 18.8 Å². The van der Waals surface area contributed by atoms with Gasteiger partial charge in [-0.2, -0.15) is 0 Å². The molecule has 1 fully saturated rings. The molecule has 29 heavy (non-hydrogen) atoms. The monoisotopic (exact) mass is 413 g/mol. The fourth-order valence-electron chi connectivity index (χ4n) is 3.84. The molecule has 7 heteroatoms. The number of hydrogen-bond acceptors (Lipinski definition) is 4. The first-order valence-electron chi connectivity index (χ1n) is 9.95. The van der Waals surface area contributed by atoms with E-state index in [1.54, 1.807) is 24.3 Å². The van der Waals surface area contributed by atoms with Crippen molar-refractivity contribution in [3.05, 3.63) is 53.6 Å². The van der Waals surface area contributed by atoms with E-state index in [9.17, 15) is 9.59 Å². The maximum atomic E-state index is 13.0. The lowest BCUT2D eigenvalue weighted by atomic mass is 10.1. The molecule has 0 saturated carbocycles. The third-order valence-electron chi connectivity index (χ3n) is 5.25. The zero-order valence-corrected chi connectivity index (χ0v) is 16.9. The molecule has 1 saturated heterocycles. The molecule has 1 N–H and O–H groups in total. The summed E-state index contributed by atoms with van der Waals surface area (Å²) in [6.45, 7) is 2.01. The Labute approximate surface area is 175 Å². The topological polar surface area (TPSA) is 61.9 Å². The van der Waals surface area contributed by atoms with Gasteiger partial charge < -0.3 is 19.9 Å². The molecule has 2 aliphatic rings. The third kappa shape index (κ3) is 4.65. The van der Waals surface area contributed by atoms with Crippen LogP contribution < -0.4 is 15.0 Å². The van der Waals surface area contributed by atoms with Crippen molar-refractivity contribution in [2.24, 2.45) is 0 Å². The van der Waals surface area contributed by atoms with Crippen LogP contribution in [-0.2, 0) is 9.59 Å². The number of benzene rings is 2. The Morgan fingerprint density at radius 3 is 2.66 bits per heavy atom.